The van der Waals surface area contributed by atoms with E-state index in [4.69, 9.17) is 5.26 Å². The Hall–Kier alpha value is -2.15. The Bertz CT molecular complexity index is 531. The van der Waals surface area contributed by atoms with Crippen LogP contribution in [0.2, 0.25) is 0 Å². The lowest BCUT2D eigenvalue weighted by Gasteiger charge is -2.08. The molecule has 17 heavy (non-hydrogen) atoms. The number of nitrogens with zero attached hydrogens (tertiary/aromatic N) is 4. The molecule has 4 heteroatoms. The molecule has 1 heterocycles. The van der Waals surface area contributed by atoms with E-state index in [1.54, 1.807) is 6.20 Å². The van der Waals surface area contributed by atoms with Crippen LogP contribution in [0.3, 0.4) is 0 Å². The summed E-state index contributed by atoms with van der Waals surface area (Å²) in [5.41, 5.74) is 2.92. The molecule has 0 unspecified atom stereocenters. The van der Waals surface area contributed by atoms with E-state index in [1.165, 1.54) is 0 Å². The molecule has 86 valence electrons. The third-order valence-electron chi connectivity index (χ3n) is 2.65. The second-order valence-corrected chi connectivity index (χ2v) is 4.28. The van der Waals surface area contributed by atoms with Gasteiger partial charge in [-0.2, -0.15) is 5.26 Å². The first-order valence-electron chi connectivity index (χ1n) is 5.58. The molecule has 0 fully saturated rings. The highest BCUT2D eigenvalue weighted by Gasteiger charge is 2.08. The fourth-order valence-electron chi connectivity index (χ4n) is 1.69. The molecule has 0 saturated carbocycles. The third kappa shape index (κ3) is 2.51. The highest BCUT2D eigenvalue weighted by atomic mass is 15.4. The minimum Gasteiger partial charge on any atom is -0.245 e. The molecule has 0 aliphatic carbocycles. The molecule has 1 aromatic heterocycles. The number of aromatic nitrogens is 3. The van der Waals surface area contributed by atoms with Crippen molar-refractivity contribution >= 4 is 0 Å². The molecule has 0 spiro atoms. The Morgan fingerprint density at radius 2 is 2.00 bits per heavy atom. The van der Waals surface area contributed by atoms with Crippen molar-refractivity contribution in [1.82, 2.24) is 15.0 Å². The molecule has 2 aromatic rings. The average molecular weight is 226 g/mol. The minimum atomic E-state index is 0.406. The standard InChI is InChI=1S/C13H14N4/c1-10(2)13-8-15-16-17(13)9-12-5-3-11(7-14)4-6-12/h3-6,8,10H,9H2,1-2H3. The van der Waals surface area contributed by atoms with Gasteiger partial charge in [-0.3, -0.25) is 0 Å². The Labute approximate surface area is 101 Å². The van der Waals surface area contributed by atoms with Gasteiger partial charge in [0.1, 0.15) is 0 Å². The van der Waals surface area contributed by atoms with Crippen LogP contribution in [0, 0.1) is 11.3 Å². The van der Waals surface area contributed by atoms with Gasteiger partial charge in [-0.1, -0.05) is 31.2 Å². The zero-order chi connectivity index (χ0) is 12.3. The molecule has 0 aliphatic heterocycles. The van der Waals surface area contributed by atoms with Gasteiger partial charge < -0.3 is 0 Å². The fourth-order valence-corrected chi connectivity index (χ4v) is 1.69. The van der Waals surface area contributed by atoms with Crippen molar-refractivity contribution < 1.29 is 0 Å². The second-order valence-electron chi connectivity index (χ2n) is 4.28. The summed E-state index contributed by atoms with van der Waals surface area (Å²) < 4.78 is 1.89. The van der Waals surface area contributed by atoms with E-state index >= 15 is 0 Å². The van der Waals surface area contributed by atoms with Crippen LogP contribution in [-0.2, 0) is 6.54 Å². The smallest absolute Gasteiger partial charge is 0.0991 e. The van der Waals surface area contributed by atoms with Crippen molar-refractivity contribution in [3.05, 3.63) is 47.3 Å². The summed E-state index contributed by atoms with van der Waals surface area (Å²) in [5, 5.41) is 16.7. The molecule has 4 nitrogen and oxygen atoms in total. The largest absolute Gasteiger partial charge is 0.245 e. The predicted octanol–water partition coefficient (Wildman–Crippen LogP) is 2.32. The summed E-state index contributed by atoms with van der Waals surface area (Å²) >= 11 is 0. The molecule has 0 radical (unpaired) electrons. The Morgan fingerprint density at radius 3 is 2.59 bits per heavy atom. The molecule has 0 atom stereocenters. The van der Waals surface area contributed by atoms with Crippen LogP contribution >= 0.6 is 0 Å². The van der Waals surface area contributed by atoms with Gasteiger partial charge in [-0.25, -0.2) is 4.68 Å². The van der Waals surface area contributed by atoms with Crippen LogP contribution < -0.4 is 0 Å². The average Bonchev–Trinajstić information content (AvgIpc) is 2.78. The summed E-state index contributed by atoms with van der Waals surface area (Å²) in [6.45, 7) is 4.93. The topological polar surface area (TPSA) is 54.5 Å². The quantitative estimate of drug-likeness (QED) is 0.807. The first-order chi connectivity index (χ1) is 8.20. The predicted molar refractivity (Wildman–Crippen MR) is 64.4 cm³/mol. The lowest BCUT2D eigenvalue weighted by Crippen LogP contribution is -2.07. The van der Waals surface area contributed by atoms with E-state index in [-0.39, 0.29) is 0 Å². The molecule has 1 aromatic carbocycles. The number of hydrogen-bond donors (Lipinski definition) is 0. The first-order valence-corrected chi connectivity index (χ1v) is 5.58. The molecule has 0 aliphatic rings. The molecule has 2 rings (SSSR count). The van der Waals surface area contributed by atoms with Crippen LogP contribution in [0.1, 0.15) is 36.6 Å². The highest BCUT2D eigenvalue weighted by Crippen LogP contribution is 2.14. The van der Waals surface area contributed by atoms with Crippen molar-refractivity contribution in [2.24, 2.45) is 0 Å². The summed E-state index contributed by atoms with van der Waals surface area (Å²) in [4.78, 5) is 0. The molecule has 0 bridgehead atoms. The van der Waals surface area contributed by atoms with E-state index in [9.17, 15) is 0 Å². The molecular formula is C13H14N4. The zero-order valence-electron chi connectivity index (χ0n) is 9.96. The summed E-state index contributed by atoms with van der Waals surface area (Å²) in [6, 6.07) is 9.65. The van der Waals surface area contributed by atoms with Crippen LogP contribution in [-0.4, -0.2) is 15.0 Å². The number of nitriles is 1. The number of benzene rings is 1. The number of hydrogen-bond acceptors (Lipinski definition) is 3. The lowest BCUT2D eigenvalue weighted by molar-refractivity contribution is 0.598. The molecule has 0 N–H and O–H groups in total. The Balaban J connectivity index is 2.20. The van der Waals surface area contributed by atoms with Gasteiger partial charge >= 0.3 is 0 Å². The molecular weight excluding hydrogens is 212 g/mol. The van der Waals surface area contributed by atoms with E-state index in [0.29, 0.717) is 18.0 Å². The van der Waals surface area contributed by atoms with Gasteiger partial charge in [0, 0.05) is 0 Å². The molecule has 0 amide bonds. The molecule has 0 saturated heterocycles. The van der Waals surface area contributed by atoms with Crippen molar-refractivity contribution in [3.8, 4) is 6.07 Å². The number of rotatable bonds is 3. The van der Waals surface area contributed by atoms with Crippen molar-refractivity contribution in [2.45, 2.75) is 26.3 Å². The van der Waals surface area contributed by atoms with E-state index in [1.807, 2.05) is 28.9 Å². The fraction of sp³-hybridized carbons (Fsp3) is 0.308. The van der Waals surface area contributed by atoms with Gasteiger partial charge in [-0.05, 0) is 23.6 Å². The second kappa shape index (κ2) is 4.79. The maximum atomic E-state index is 8.72. The zero-order valence-corrected chi connectivity index (χ0v) is 9.96. The van der Waals surface area contributed by atoms with Crippen LogP contribution in [0.25, 0.3) is 0 Å². The van der Waals surface area contributed by atoms with Gasteiger partial charge in [0.25, 0.3) is 0 Å². The SMILES string of the molecule is CC(C)c1cnnn1Cc1ccc(C#N)cc1. The van der Waals surface area contributed by atoms with Gasteiger partial charge in [0.2, 0.25) is 0 Å². The van der Waals surface area contributed by atoms with Crippen LogP contribution in [0.5, 0.6) is 0 Å². The van der Waals surface area contributed by atoms with Crippen molar-refractivity contribution in [3.63, 3.8) is 0 Å². The first kappa shape index (κ1) is 11.3. The van der Waals surface area contributed by atoms with Crippen molar-refractivity contribution in [1.29, 1.82) is 5.26 Å². The van der Waals surface area contributed by atoms with E-state index in [0.717, 1.165) is 11.3 Å². The summed E-state index contributed by atoms with van der Waals surface area (Å²) in [5.74, 6) is 0.406. The third-order valence-corrected chi connectivity index (χ3v) is 2.65. The Kier molecular flexibility index (Phi) is 3.20. The normalized spacial score (nSPS) is 10.5. The summed E-state index contributed by atoms with van der Waals surface area (Å²) in [7, 11) is 0. The van der Waals surface area contributed by atoms with Gasteiger partial charge in [-0.15, -0.1) is 5.10 Å². The minimum absolute atomic E-state index is 0.406. The summed E-state index contributed by atoms with van der Waals surface area (Å²) in [6.07, 6.45) is 1.80. The van der Waals surface area contributed by atoms with Gasteiger partial charge in [0.05, 0.1) is 30.1 Å². The van der Waals surface area contributed by atoms with Crippen LogP contribution in [0.4, 0.5) is 0 Å². The van der Waals surface area contributed by atoms with Crippen molar-refractivity contribution in [2.75, 3.05) is 0 Å². The maximum Gasteiger partial charge on any atom is 0.0991 e. The highest BCUT2D eigenvalue weighted by molar-refractivity contribution is 5.31. The van der Waals surface area contributed by atoms with Gasteiger partial charge in [0.15, 0.2) is 0 Å². The maximum absolute atomic E-state index is 8.72. The monoisotopic (exact) mass is 226 g/mol. The van der Waals surface area contributed by atoms with E-state index < -0.39 is 0 Å². The Morgan fingerprint density at radius 1 is 1.29 bits per heavy atom. The lowest BCUT2D eigenvalue weighted by atomic mass is 10.1. The van der Waals surface area contributed by atoms with Crippen LogP contribution in [0.15, 0.2) is 30.5 Å². The van der Waals surface area contributed by atoms with E-state index in [2.05, 4.69) is 30.2 Å².